The van der Waals surface area contributed by atoms with Gasteiger partial charge in [0.1, 0.15) is 0 Å². The average molecular weight is 291 g/mol. The number of carbonyl (C=O) groups excluding carboxylic acids is 1. The number of anilines is 1. The van der Waals surface area contributed by atoms with Gasteiger partial charge in [0.15, 0.2) is 0 Å². The Bertz CT molecular complexity index is 430. The summed E-state index contributed by atoms with van der Waals surface area (Å²) in [6.07, 6.45) is 1.02. The summed E-state index contributed by atoms with van der Waals surface area (Å²) in [7, 11) is 0. The van der Waals surface area contributed by atoms with E-state index in [4.69, 9.17) is 0 Å². The minimum atomic E-state index is 0.00953. The SMILES string of the molecule is CCC(C)NCC(=O)Nc1cccc(CN(CC)CC)c1. The lowest BCUT2D eigenvalue weighted by molar-refractivity contribution is -0.115. The number of hydrogen-bond donors (Lipinski definition) is 2. The molecular weight excluding hydrogens is 262 g/mol. The van der Waals surface area contributed by atoms with Crippen LogP contribution in [-0.2, 0) is 11.3 Å². The Hall–Kier alpha value is -1.39. The molecule has 1 unspecified atom stereocenters. The van der Waals surface area contributed by atoms with Crippen molar-refractivity contribution < 1.29 is 4.79 Å². The van der Waals surface area contributed by atoms with E-state index < -0.39 is 0 Å². The molecule has 1 amide bonds. The molecule has 4 heteroatoms. The molecule has 1 atom stereocenters. The molecule has 0 bridgehead atoms. The van der Waals surface area contributed by atoms with Gasteiger partial charge in [-0.25, -0.2) is 0 Å². The van der Waals surface area contributed by atoms with Crippen LogP contribution in [0.5, 0.6) is 0 Å². The van der Waals surface area contributed by atoms with Crippen molar-refractivity contribution >= 4 is 11.6 Å². The van der Waals surface area contributed by atoms with Crippen LogP contribution in [0.4, 0.5) is 5.69 Å². The third-order valence-corrected chi connectivity index (χ3v) is 3.73. The van der Waals surface area contributed by atoms with Crippen LogP contribution in [0, 0.1) is 0 Å². The van der Waals surface area contributed by atoms with Crippen molar-refractivity contribution in [2.45, 2.75) is 46.7 Å². The van der Waals surface area contributed by atoms with Crippen molar-refractivity contribution in [3.05, 3.63) is 29.8 Å². The van der Waals surface area contributed by atoms with E-state index >= 15 is 0 Å². The van der Waals surface area contributed by atoms with Gasteiger partial charge in [0.05, 0.1) is 6.54 Å². The molecule has 2 N–H and O–H groups in total. The number of rotatable bonds is 9. The number of benzene rings is 1. The van der Waals surface area contributed by atoms with Gasteiger partial charge in [-0.15, -0.1) is 0 Å². The highest BCUT2D eigenvalue weighted by atomic mass is 16.1. The maximum atomic E-state index is 11.9. The lowest BCUT2D eigenvalue weighted by Gasteiger charge is -2.18. The highest BCUT2D eigenvalue weighted by Gasteiger charge is 2.06. The molecule has 1 aromatic rings. The minimum Gasteiger partial charge on any atom is -0.325 e. The summed E-state index contributed by atoms with van der Waals surface area (Å²) in [4.78, 5) is 14.2. The first-order valence-electron chi connectivity index (χ1n) is 7.93. The van der Waals surface area contributed by atoms with Crippen LogP contribution in [-0.4, -0.2) is 36.5 Å². The number of nitrogens with zero attached hydrogens (tertiary/aromatic N) is 1. The molecule has 0 aliphatic heterocycles. The summed E-state index contributed by atoms with van der Waals surface area (Å²) in [6.45, 7) is 11.9. The Morgan fingerprint density at radius 1 is 1.24 bits per heavy atom. The summed E-state index contributed by atoms with van der Waals surface area (Å²) >= 11 is 0. The number of nitrogens with one attached hydrogen (secondary N) is 2. The topological polar surface area (TPSA) is 44.4 Å². The van der Waals surface area contributed by atoms with Gasteiger partial charge in [-0.2, -0.15) is 0 Å². The molecular formula is C17H29N3O. The molecule has 21 heavy (non-hydrogen) atoms. The van der Waals surface area contributed by atoms with E-state index in [0.717, 1.165) is 31.7 Å². The molecule has 0 aliphatic rings. The van der Waals surface area contributed by atoms with Crippen LogP contribution in [0.15, 0.2) is 24.3 Å². The molecule has 0 spiro atoms. The second-order valence-electron chi connectivity index (χ2n) is 5.40. The first-order chi connectivity index (χ1) is 10.1. The number of hydrogen-bond acceptors (Lipinski definition) is 3. The number of carbonyl (C=O) groups is 1. The Kier molecular flexibility index (Phi) is 8.01. The van der Waals surface area contributed by atoms with Gasteiger partial charge in [-0.05, 0) is 44.1 Å². The van der Waals surface area contributed by atoms with Crippen LogP contribution < -0.4 is 10.6 Å². The quantitative estimate of drug-likeness (QED) is 0.735. The van der Waals surface area contributed by atoms with E-state index in [-0.39, 0.29) is 5.91 Å². The molecule has 0 saturated carbocycles. The summed E-state index contributed by atoms with van der Waals surface area (Å²) < 4.78 is 0. The van der Waals surface area contributed by atoms with E-state index in [1.165, 1.54) is 5.56 Å². The van der Waals surface area contributed by atoms with Crippen LogP contribution in [0.2, 0.25) is 0 Å². The van der Waals surface area contributed by atoms with Crippen molar-refractivity contribution in [2.75, 3.05) is 25.0 Å². The Labute approximate surface area is 128 Å². The van der Waals surface area contributed by atoms with Crippen molar-refractivity contribution in [2.24, 2.45) is 0 Å². The predicted octanol–water partition coefficient (Wildman–Crippen LogP) is 2.86. The maximum absolute atomic E-state index is 11.9. The van der Waals surface area contributed by atoms with Gasteiger partial charge >= 0.3 is 0 Å². The summed E-state index contributed by atoms with van der Waals surface area (Å²) in [6, 6.07) is 8.46. The van der Waals surface area contributed by atoms with Crippen LogP contribution >= 0.6 is 0 Å². The van der Waals surface area contributed by atoms with Crippen LogP contribution in [0.3, 0.4) is 0 Å². The number of amides is 1. The van der Waals surface area contributed by atoms with Gasteiger partial charge in [-0.1, -0.05) is 32.9 Å². The minimum absolute atomic E-state index is 0.00953. The molecule has 0 saturated heterocycles. The normalized spacial score (nSPS) is 12.4. The van der Waals surface area contributed by atoms with Gasteiger partial charge in [0.25, 0.3) is 0 Å². The maximum Gasteiger partial charge on any atom is 0.238 e. The Morgan fingerprint density at radius 2 is 1.95 bits per heavy atom. The molecule has 0 fully saturated rings. The first-order valence-corrected chi connectivity index (χ1v) is 7.93. The molecule has 118 valence electrons. The fourth-order valence-corrected chi connectivity index (χ4v) is 2.07. The van der Waals surface area contributed by atoms with Gasteiger partial charge in [0.2, 0.25) is 5.91 Å². The third-order valence-electron chi connectivity index (χ3n) is 3.73. The molecule has 0 aromatic heterocycles. The monoisotopic (exact) mass is 291 g/mol. The smallest absolute Gasteiger partial charge is 0.238 e. The summed E-state index contributed by atoms with van der Waals surface area (Å²) in [5, 5.41) is 6.15. The largest absolute Gasteiger partial charge is 0.325 e. The fraction of sp³-hybridized carbons (Fsp3) is 0.588. The Balaban J connectivity index is 2.54. The molecule has 0 heterocycles. The van der Waals surface area contributed by atoms with Crippen molar-refractivity contribution in [3.8, 4) is 0 Å². The van der Waals surface area contributed by atoms with E-state index in [9.17, 15) is 4.79 Å². The third kappa shape index (κ3) is 6.74. The predicted molar refractivity (Wildman–Crippen MR) is 89.5 cm³/mol. The van der Waals surface area contributed by atoms with Crippen molar-refractivity contribution in [1.82, 2.24) is 10.2 Å². The molecule has 0 aliphatic carbocycles. The standard InChI is InChI=1S/C17H29N3O/c1-5-14(4)18-12-17(21)19-16-10-8-9-15(11-16)13-20(6-2)7-3/h8-11,14,18H,5-7,12-13H2,1-4H3,(H,19,21). The highest BCUT2D eigenvalue weighted by molar-refractivity contribution is 5.92. The van der Waals surface area contributed by atoms with E-state index in [1.54, 1.807) is 0 Å². The van der Waals surface area contributed by atoms with E-state index in [1.807, 2.05) is 12.1 Å². The van der Waals surface area contributed by atoms with Crippen LogP contribution in [0.1, 0.15) is 39.7 Å². The molecule has 1 aromatic carbocycles. The lowest BCUT2D eigenvalue weighted by atomic mass is 10.2. The fourth-order valence-electron chi connectivity index (χ4n) is 2.07. The highest BCUT2D eigenvalue weighted by Crippen LogP contribution is 2.12. The van der Waals surface area contributed by atoms with E-state index in [0.29, 0.717) is 12.6 Å². The van der Waals surface area contributed by atoms with Gasteiger partial charge in [0, 0.05) is 18.3 Å². The van der Waals surface area contributed by atoms with Gasteiger partial charge in [-0.3, -0.25) is 9.69 Å². The Morgan fingerprint density at radius 3 is 2.57 bits per heavy atom. The second kappa shape index (κ2) is 9.53. The second-order valence-corrected chi connectivity index (χ2v) is 5.40. The molecule has 1 rings (SSSR count). The van der Waals surface area contributed by atoms with Gasteiger partial charge < -0.3 is 10.6 Å². The average Bonchev–Trinajstić information content (AvgIpc) is 2.50. The zero-order valence-electron chi connectivity index (χ0n) is 13.8. The molecule has 0 radical (unpaired) electrons. The zero-order chi connectivity index (χ0) is 15.7. The van der Waals surface area contributed by atoms with Crippen molar-refractivity contribution in [3.63, 3.8) is 0 Å². The summed E-state index contributed by atoms with van der Waals surface area (Å²) in [5.41, 5.74) is 2.10. The first kappa shape index (κ1) is 17.7. The lowest BCUT2D eigenvalue weighted by Crippen LogP contribution is -2.34. The van der Waals surface area contributed by atoms with Crippen LogP contribution in [0.25, 0.3) is 0 Å². The summed E-state index contributed by atoms with van der Waals surface area (Å²) in [5.74, 6) is 0.00953. The molecule has 4 nitrogen and oxygen atoms in total. The van der Waals surface area contributed by atoms with E-state index in [2.05, 4.69) is 55.4 Å². The zero-order valence-corrected chi connectivity index (χ0v) is 13.8. The van der Waals surface area contributed by atoms with Crippen molar-refractivity contribution in [1.29, 1.82) is 0 Å².